The molecule has 5 fully saturated rings. The van der Waals surface area contributed by atoms with Gasteiger partial charge in [-0.15, -0.1) is 0 Å². The third-order valence-corrected chi connectivity index (χ3v) is 7.38. The molecule has 3 aliphatic carbocycles. The predicted octanol–water partition coefficient (Wildman–Crippen LogP) is 3.61. The molecule has 6 heteroatoms. The summed E-state index contributed by atoms with van der Waals surface area (Å²) in [5.41, 5.74) is 2.00. The number of allylic oxidation sites excluding steroid dienone is 1. The maximum atomic E-state index is 4.85. The number of anilines is 1. The zero-order valence-electron chi connectivity index (χ0n) is 17.1. The molecule has 3 heterocycles. The molecule has 0 unspecified atom stereocenters. The monoisotopic (exact) mass is 380 g/mol. The van der Waals surface area contributed by atoms with Gasteiger partial charge < -0.3 is 15.5 Å². The topological polar surface area (TPSA) is 68.3 Å². The highest BCUT2D eigenvalue weighted by Crippen LogP contribution is 2.64. The second-order valence-corrected chi connectivity index (χ2v) is 9.29. The maximum absolute atomic E-state index is 4.85. The van der Waals surface area contributed by atoms with Gasteiger partial charge >= 0.3 is 0 Å². The quantitative estimate of drug-likeness (QED) is 0.499. The first-order valence-corrected chi connectivity index (χ1v) is 10.7. The Balaban J connectivity index is 1.29. The first-order chi connectivity index (χ1) is 13.6. The van der Waals surface area contributed by atoms with Crippen molar-refractivity contribution >= 4 is 11.7 Å². The lowest BCUT2D eigenvalue weighted by Gasteiger charge is -2.61. The Hall–Kier alpha value is -2.08. The highest BCUT2D eigenvalue weighted by Gasteiger charge is 2.65. The number of aromatic amines is 1. The number of aromatic nitrogens is 2. The second kappa shape index (κ2) is 6.48. The minimum atomic E-state index is 0.366. The fourth-order valence-corrected chi connectivity index (χ4v) is 5.56. The Kier molecular flexibility index (Phi) is 4.16. The van der Waals surface area contributed by atoms with Crippen molar-refractivity contribution in [3.63, 3.8) is 0 Å². The van der Waals surface area contributed by atoms with E-state index in [-0.39, 0.29) is 0 Å². The van der Waals surface area contributed by atoms with E-state index < -0.39 is 0 Å². The number of H-pyrrole nitrogens is 1. The first-order valence-electron chi connectivity index (χ1n) is 10.7. The average molecular weight is 381 g/mol. The minimum Gasteiger partial charge on any atom is -0.356 e. The molecule has 0 spiro atoms. The lowest BCUT2D eigenvalue weighted by Crippen LogP contribution is -2.64. The molecule has 28 heavy (non-hydrogen) atoms. The number of fused-ring (bicyclic) bond motifs is 2. The van der Waals surface area contributed by atoms with Gasteiger partial charge in [0.1, 0.15) is 11.7 Å². The summed E-state index contributed by atoms with van der Waals surface area (Å²) < 4.78 is 0. The Labute approximate surface area is 167 Å². The molecular weight excluding hydrogens is 348 g/mol. The lowest BCUT2D eigenvalue weighted by atomic mass is 9.54. The lowest BCUT2D eigenvalue weighted by molar-refractivity contribution is -0.0803. The Morgan fingerprint density at radius 1 is 1.39 bits per heavy atom. The molecule has 3 N–H and O–H groups in total. The van der Waals surface area contributed by atoms with E-state index >= 15 is 0 Å². The van der Waals surface area contributed by atoms with Crippen LogP contribution in [0.1, 0.15) is 57.1 Å². The van der Waals surface area contributed by atoms with Gasteiger partial charge in [0.25, 0.3) is 0 Å². The molecule has 3 saturated carbocycles. The van der Waals surface area contributed by atoms with Crippen LogP contribution in [-0.2, 0) is 0 Å². The largest absolute Gasteiger partial charge is 0.356 e. The fraction of sp³-hybridized carbons (Fsp3) is 0.636. The fourth-order valence-electron chi connectivity index (χ4n) is 5.56. The number of hydrogen-bond acceptors (Lipinski definition) is 4. The van der Waals surface area contributed by atoms with E-state index in [2.05, 4.69) is 45.4 Å². The summed E-state index contributed by atoms with van der Waals surface area (Å²) in [7, 11) is 2.13. The molecule has 0 aromatic carbocycles. The zero-order chi connectivity index (χ0) is 19.4. The number of piperidine rings is 2. The van der Waals surface area contributed by atoms with Crippen LogP contribution in [0.25, 0.3) is 0 Å². The van der Waals surface area contributed by atoms with E-state index in [1.807, 2.05) is 19.1 Å². The molecule has 1 aromatic heterocycles. The molecule has 2 saturated heterocycles. The van der Waals surface area contributed by atoms with Crippen LogP contribution in [0.15, 0.2) is 35.6 Å². The summed E-state index contributed by atoms with van der Waals surface area (Å²) in [6, 6.07) is 2.11. The van der Waals surface area contributed by atoms with Crippen LogP contribution in [0, 0.1) is 11.3 Å². The van der Waals surface area contributed by atoms with Crippen molar-refractivity contribution in [2.24, 2.45) is 16.3 Å². The number of aliphatic imine (C=N–C) groups is 1. The van der Waals surface area contributed by atoms with E-state index in [4.69, 9.17) is 4.99 Å². The van der Waals surface area contributed by atoms with Gasteiger partial charge in [0.05, 0.1) is 0 Å². The van der Waals surface area contributed by atoms with Gasteiger partial charge in [-0.05, 0) is 64.5 Å². The van der Waals surface area contributed by atoms with E-state index in [1.54, 1.807) is 0 Å². The SMILES string of the molecule is C=C(/N=C(\C=C/C)Nc1cc(C2CC2)[nH]n1)N1CC2CC(C3(NC)CC3)(C2)C1. The molecule has 2 bridgehead atoms. The van der Waals surface area contributed by atoms with Crippen LogP contribution >= 0.6 is 0 Å². The minimum absolute atomic E-state index is 0.366. The van der Waals surface area contributed by atoms with Crippen molar-refractivity contribution in [1.29, 1.82) is 0 Å². The summed E-state index contributed by atoms with van der Waals surface area (Å²) in [5.74, 6) is 3.94. The van der Waals surface area contributed by atoms with Gasteiger partial charge in [0, 0.05) is 41.7 Å². The van der Waals surface area contributed by atoms with Crippen LogP contribution in [0.2, 0.25) is 0 Å². The van der Waals surface area contributed by atoms with Crippen LogP contribution < -0.4 is 10.6 Å². The van der Waals surface area contributed by atoms with E-state index in [0.29, 0.717) is 16.9 Å². The van der Waals surface area contributed by atoms with E-state index in [9.17, 15) is 0 Å². The van der Waals surface area contributed by atoms with Crippen molar-refractivity contribution in [3.8, 4) is 0 Å². The van der Waals surface area contributed by atoms with Crippen LogP contribution in [0.4, 0.5) is 5.82 Å². The number of nitrogens with one attached hydrogen (secondary N) is 3. The molecule has 0 amide bonds. The highest BCUT2D eigenvalue weighted by molar-refractivity contribution is 6.03. The van der Waals surface area contributed by atoms with Gasteiger partial charge in [-0.2, -0.15) is 5.10 Å². The van der Waals surface area contributed by atoms with E-state index in [0.717, 1.165) is 36.5 Å². The summed E-state index contributed by atoms with van der Waals surface area (Å²) in [6.07, 6.45) is 11.9. The van der Waals surface area contributed by atoms with Gasteiger partial charge in [-0.25, -0.2) is 4.99 Å². The van der Waals surface area contributed by atoms with Crippen molar-refractivity contribution < 1.29 is 0 Å². The molecule has 0 radical (unpaired) electrons. The number of hydrogen-bond donors (Lipinski definition) is 3. The van der Waals surface area contributed by atoms with Gasteiger partial charge in [0.2, 0.25) is 0 Å². The van der Waals surface area contributed by atoms with Gasteiger partial charge in [0.15, 0.2) is 5.82 Å². The smallest absolute Gasteiger partial charge is 0.153 e. The zero-order valence-corrected chi connectivity index (χ0v) is 17.1. The first kappa shape index (κ1) is 18.0. The Morgan fingerprint density at radius 3 is 2.82 bits per heavy atom. The van der Waals surface area contributed by atoms with Crippen molar-refractivity contribution in [3.05, 3.63) is 36.3 Å². The van der Waals surface area contributed by atoms with Crippen molar-refractivity contribution in [1.82, 2.24) is 20.4 Å². The van der Waals surface area contributed by atoms with Crippen molar-refractivity contribution in [2.75, 3.05) is 25.5 Å². The van der Waals surface area contributed by atoms with Gasteiger partial charge in [-0.3, -0.25) is 5.10 Å². The molecule has 6 rings (SSSR count). The van der Waals surface area contributed by atoms with Crippen LogP contribution in [0.5, 0.6) is 0 Å². The van der Waals surface area contributed by atoms with Crippen LogP contribution in [-0.4, -0.2) is 46.6 Å². The summed E-state index contributed by atoms with van der Waals surface area (Å²) in [5, 5.41) is 14.5. The summed E-state index contributed by atoms with van der Waals surface area (Å²) >= 11 is 0. The van der Waals surface area contributed by atoms with Crippen molar-refractivity contribution in [2.45, 2.75) is 56.9 Å². The molecular formula is C22H32N6. The number of rotatable bonds is 7. The van der Waals surface area contributed by atoms with Gasteiger partial charge in [-0.1, -0.05) is 12.7 Å². The van der Waals surface area contributed by atoms with E-state index in [1.165, 1.54) is 44.2 Å². The summed E-state index contributed by atoms with van der Waals surface area (Å²) in [4.78, 5) is 7.25. The number of amidine groups is 1. The third-order valence-electron chi connectivity index (χ3n) is 7.38. The highest BCUT2D eigenvalue weighted by atomic mass is 15.3. The average Bonchev–Trinajstić information content (AvgIpc) is 3.60. The Bertz CT molecular complexity index is 820. The third kappa shape index (κ3) is 2.98. The molecule has 6 nitrogen and oxygen atoms in total. The molecule has 1 aromatic rings. The molecule has 2 aliphatic heterocycles. The Morgan fingerprint density at radius 2 is 2.18 bits per heavy atom. The predicted molar refractivity (Wildman–Crippen MR) is 113 cm³/mol. The number of nitrogens with zero attached hydrogens (tertiary/aromatic N) is 3. The van der Waals surface area contributed by atoms with Crippen LogP contribution in [0.3, 0.4) is 0 Å². The standard InChI is InChI=1S/C22H32N6/c1-4-5-19(25-20-10-18(26-27-20)17-6-7-17)24-15(2)28-13-16-11-21(12-16,14-28)22(23-3)8-9-22/h4-5,10,16-17,23H,2,6-9,11-14H2,1,3H3,(H2,24,25,26,27)/b5-4-. The molecule has 0 atom stereocenters. The maximum Gasteiger partial charge on any atom is 0.153 e. The summed E-state index contributed by atoms with van der Waals surface area (Å²) in [6.45, 7) is 8.48. The molecule has 150 valence electrons. The second-order valence-electron chi connectivity index (χ2n) is 9.29. The molecule has 5 aliphatic rings. The normalized spacial score (nSPS) is 31.0.